The van der Waals surface area contributed by atoms with E-state index >= 15 is 0 Å². The van der Waals surface area contributed by atoms with E-state index in [1.54, 1.807) is 18.2 Å². The molecule has 88 valence electrons. The van der Waals surface area contributed by atoms with Crippen molar-refractivity contribution in [2.24, 2.45) is 5.92 Å². The fourth-order valence-corrected chi connectivity index (χ4v) is 1.28. The first-order valence-corrected chi connectivity index (χ1v) is 5.52. The van der Waals surface area contributed by atoms with Crippen molar-refractivity contribution in [2.45, 2.75) is 33.7 Å². The van der Waals surface area contributed by atoms with E-state index < -0.39 is 0 Å². The van der Waals surface area contributed by atoms with Crippen LogP contribution in [-0.2, 0) is 0 Å². The predicted molar refractivity (Wildman–Crippen MR) is 64.6 cm³/mol. The Morgan fingerprint density at radius 3 is 2.50 bits per heavy atom. The molecule has 1 aromatic rings. The molecule has 1 amide bonds. The zero-order valence-electron chi connectivity index (χ0n) is 10.2. The topological polar surface area (TPSA) is 49.3 Å². The molecule has 1 rings (SSSR count). The smallest absolute Gasteiger partial charge is 0.255 e. The molecular weight excluding hydrogens is 202 g/mol. The number of phenols is 1. The Hall–Kier alpha value is -1.51. The zero-order valence-corrected chi connectivity index (χ0v) is 10.2. The van der Waals surface area contributed by atoms with Crippen LogP contribution in [0.1, 0.15) is 36.7 Å². The van der Waals surface area contributed by atoms with Crippen LogP contribution in [0.25, 0.3) is 0 Å². The molecule has 0 heterocycles. The van der Waals surface area contributed by atoms with Crippen LogP contribution in [-0.4, -0.2) is 17.1 Å². The molecule has 16 heavy (non-hydrogen) atoms. The number of phenolic OH excluding ortho intramolecular Hbond substituents is 1. The highest BCUT2D eigenvalue weighted by molar-refractivity contribution is 5.97. The number of aryl methyl sites for hydroxylation is 1. The normalized spacial score (nSPS) is 12.6. The Balaban J connectivity index is 2.84. The lowest BCUT2D eigenvalue weighted by molar-refractivity contribution is 0.0927. The Morgan fingerprint density at radius 1 is 1.31 bits per heavy atom. The number of hydrogen-bond acceptors (Lipinski definition) is 2. The summed E-state index contributed by atoms with van der Waals surface area (Å²) >= 11 is 0. The first-order chi connectivity index (χ1) is 7.41. The maximum atomic E-state index is 11.9. The molecule has 0 bridgehead atoms. The second kappa shape index (κ2) is 5.01. The maximum Gasteiger partial charge on any atom is 0.255 e. The molecule has 0 aliphatic heterocycles. The fourth-order valence-electron chi connectivity index (χ4n) is 1.28. The molecule has 3 heteroatoms. The van der Waals surface area contributed by atoms with E-state index in [0.717, 1.165) is 5.56 Å². The van der Waals surface area contributed by atoms with Gasteiger partial charge < -0.3 is 10.4 Å². The maximum absolute atomic E-state index is 11.9. The highest BCUT2D eigenvalue weighted by Crippen LogP contribution is 2.18. The quantitative estimate of drug-likeness (QED) is 0.823. The number of hydrogen-bond donors (Lipinski definition) is 2. The number of benzene rings is 1. The second-order valence-corrected chi connectivity index (χ2v) is 4.53. The molecule has 0 aliphatic carbocycles. The number of carbonyl (C=O) groups is 1. The summed E-state index contributed by atoms with van der Waals surface area (Å²) in [4.78, 5) is 11.9. The first-order valence-electron chi connectivity index (χ1n) is 5.52. The van der Waals surface area contributed by atoms with Crippen molar-refractivity contribution in [3.05, 3.63) is 29.3 Å². The monoisotopic (exact) mass is 221 g/mol. The molecule has 0 aromatic heterocycles. The average Bonchev–Trinajstić information content (AvgIpc) is 2.21. The summed E-state index contributed by atoms with van der Waals surface area (Å²) in [6, 6.07) is 5.10. The van der Waals surface area contributed by atoms with Gasteiger partial charge >= 0.3 is 0 Å². The minimum absolute atomic E-state index is 0.0269. The van der Waals surface area contributed by atoms with Crippen LogP contribution < -0.4 is 5.32 Å². The van der Waals surface area contributed by atoms with Crippen molar-refractivity contribution < 1.29 is 9.90 Å². The van der Waals surface area contributed by atoms with E-state index in [-0.39, 0.29) is 17.7 Å². The van der Waals surface area contributed by atoms with Crippen LogP contribution in [0, 0.1) is 12.8 Å². The van der Waals surface area contributed by atoms with Crippen LogP contribution in [0.2, 0.25) is 0 Å². The van der Waals surface area contributed by atoms with Crippen LogP contribution >= 0.6 is 0 Å². The Bertz CT molecular complexity index is 386. The standard InChI is InChI=1S/C13H19NO2/c1-8(2)10(4)14-13(16)11-7-9(3)5-6-12(11)15/h5-8,10,15H,1-4H3,(H,14,16). The van der Waals surface area contributed by atoms with E-state index in [1.165, 1.54) is 0 Å². The molecule has 1 aromatic carbocycles. The lowest BCUT2D eigenvalue weighted by Gasteiger charge is -2.17. The zero-order chi connectivity index (χ0) is 12.3. The summed E-state index contributed by atoms with van der Waals surface area (Å²) in [7, 11) is 0. The van der Waals surface area contributed by atoms with E-state index in [4.69, 9.17) is 0 Å². The van der Waals surface area contributed by atoms with Crippen LogP contribution in [0.4, 0.5) is 0 Å². The molecule has 1 unspecified atom stereocenters. The lowest BCUT2D eigenvalue weighted by atomic mass is 10.0. The van der Waals surface area contributed by atoms with Gasteiger partial charge in [0.15, 0.2) is 0 Å². The third kappa shape index (κ3) is 2.99. The molecule has 2 N–H and O–H groups in total. The van der Waals surface area contributed by atoms with Gasteiger partial charge in [0.2, 0.25) is 0 Å². The molecular formula is C13H19NO2. The largest absolute Gasteiger partial charge is 0.507 e. The molecule has 1 atom stereocenters. The van der Waals surface area contributed by atoms with E-state index in [0.29, 0.717) is 11.5 Å². The van der Waals surface area contributed by atoms with Gasteiger partial charge in [0.1, 0.15) is 5.75 Å². The molecule has 0 saturated carbocycles. The van der Waals surface area contributed by atoms with Gasteiger partial charge in [-0.2, -0.15) is 0 Å². The Morgan fingerprint density at radius 2 is 1.94 bits per heavy atom. The third-order valence-corrected chi connectivity index (χ3v) is 2.76. The van der Waals surface area contributed by atoms with Gasteiger partial charge in [-0.25, -0.2) is 0 Å². The highest BCUT2D eigenvalue weighted by atomic mass is 16.3. The number of amides is 1. The number of rotatable bonds is 3. The van der Waals surface area contributed by atoms with Gasteiger partial charge in [-0.15, -0.1) is 0 Å². The molecule has 0 saturated heterocycles. The van der Waals surface area contributed by atoms with Crippen molar-refractivity contribution in [3.8, 4) is 5.75 Å². The van der Waals surface area contributed by atoms with Crippen molar-refractivity contribution in [3.63, 3.8) is 0 Å². The third-order valence-electron chi connectivity index (χ3n) is 2.76. The minimum atomic E-state index is -0.220. The molecule has 0 fully saturated rings. The lowest BCUT2D eigenvalue weighted by Crippen LogP contribution is -2.36. The first kappa shape index (κ1) is 12.6. The van der Waals surface area contributed by atoms with E-state index in [2.05, 4.69) is 5.32 Å². The SMILES string of the molecule is Cc1ccc(O)c(C(=O)NC(C)C(C)C)c1. The van der Waals surface area contributed by atoms with E-state index in [9.17, 15) is 9.90 Å². The van der Waals surface area contributed by atoms with Crippen LogP contribution in [0.3, 0.4) is 0 Å². The fraction of sp³-hybridized carbons (Fsp3) is 0.462. The summed E-state index contributed by atoms with van der Waals surface area (Å²) < 4.78 is 0. The number of aromatic hydroxyl groups is 1. The average molecular weight is 221 g/mol. The molecule has 0 aliphatic rings. The van der Waals surface area contributed by atoms with Gasteiger partial charge in [-0.05, 0) is 31.9 Å². The minimum Gasteiger partial charge on any atom is -0.507 e. The van der Waals surface area contributed by atoms with Gasteiger partial charge in [0, 0.05) is 6.04 Å². The van der Waals surface area contributed by atoms with Crippen molar-refractivity contribution >= 4 is 5.91 Å². The summed E-state index contributed by atoms with van der Waals surface area (Å²) in [6.07, 6.45) is 0. The molecule has 0 spiro atoms. The van der Waals surface area contributed by atoms with Crippen LogP contribution in [0.5, 0.6) is 5.75 Å². The summed E-state index contributed by atoms with van der Waals surface area (Å²) in [5, 5.41) is 12.5. The van der Waals surface area contributed by atoms with Gasteiger partial charge in [0.25, 0.3) is 5.91 Å². The summed E-state index contributed by atoms with van der Waals surface area (Å²) in [5.74, 6) is 0.178. The molecule has 3 nitrogen and oxygen atoms in total. The van der Waals surface area contributed by atoms with Gasteiger partial charge in [-0.3, -0.25) is 4.79 Å². The number of carbonyl (C=O) groups excluding carboxylic acids is 1. The second-order valence-electron chi connectivity index (χ2n) is 4.53. The number of nitrogens with one attached hydrogen (secondary N) is 1. The summed E-state index contributed by atoms with van der Waals surface area (Å²) in [6.45, 7) is 7.93. The summed E-state index contributed by atoms with van der Waals surface area (Å²) in [5.41, 5.74) is 1.30. The van der Waals surface area contributed by atoms with Gasteiger partial charge in [0.05, 0.1) is 5.56 Å². The Labute approximate surface area is 96.5 Å². The van der Waals surface area contributed by atoms with Crippen molar-refractivity contribution in [1.82, 2.24) is 5.32 Å². The Kier molecular flexibility index (Phi) is 3.93. The van der Waals surface area contributed by atoms with Crippen molar-refractivity contribution in [2.75, 3.05) is 0 Å². The highest BCUT2D eigenvalue weighted by Gasteiger charge is 2.15. The predicted octanol–water partition coefficient (Wildman–Crippen LogP) is 2.47. The van der Waals surface area contributed by atoms with Gasteiger partial charge in [-0.1, -0.05) is 25.5 Å². The molecule has 0 radical (unpaired) electrons. The van der Waals surface area contributed by atoms with Crippen molar-refractivity contribution in [1.29, 1.82) is 0 Å². The van der Waals surface area contributed by atoms with E-state index in [1.807, 2.05) is 27.7 Å². The van der Waals surface area contributed by atoms with Crippen LogP contribution in [0.15, 0.2) is 18.2 Å².